The monoisotopic (exact) mass is 496 g/mol. The highest BCUT2D eigenvalue weighted by Crippen LogP contribution is 2.32. The molecular formula is C32H28N6. The summed E-state index contributed by atoms with van der Waals surface area (Å²) in [5.74, 6) is 0.350. The molecule has 0 amide bonds. The van der Waals surface area contributed by atoms with Gasteiger partial charge < -0.3 is 11.5 Å². The molecule has 0 saturated heterocycles. The van der Waals surface area contributed by atoms with Crippen molar-refractivity contribution in [1.29, 1.82) is 10.8 Å². The zero-order valence-electron chi connectivity index (χ0n) is 21.0. The Hall–Kier alpha value is -4.84. The average Bonchev–Trinajstić information content (AvgIpc) is 3.52. The average molecular weight is 497 g/mol. The van der Waals surface area contributed by atoms with Gasteiger partial charge in [0.05, 0.1) is 34.5 Å². The molecule has 0 atom stereocenters. The fraction of sp³-hybridized carbons (Fsp3) is 0.125. The second-order valence-corrected chi connectivity index (χ2v) is 9.96. The molecule has 0 aliphatic carbocycles. The van der Waals surface area contributed by atoms with E-state index in [-0.39, 0.29) is 11.7 Å². The van der Waals surface area contributed by atoms with E-state index in [0.29, 0.717) is 12.8 Å². The first-order chi connectivity index (χ1) is 18.4. The summed E-state index contributed by atoms with van der Waals surface area (Å²) >= 11 is 0. The number of nitrogens with zero attached hydrogens (tertiary/aromatic N) is 2. The number of benzene rings is 4. The lowest BCUT2D eigenvalue weighted by molar-refractivity contribution is 1.23. The van der Waals surface area contributed by atoms with E-state index in [0.717, 1.165) is 69.0 Å². The Morgan fingerprint density at radius 2 is 0.921 bits per heavy atom. The van der Waals surface area contributed by atoms with Gasteiger partial charge in [-0.05, 0) is 56.6 Å². The van der Waals surface area contributed by atoms with Crippen molar-refractivity contribution in [2.24, 2.45) is 21.5 Å². The molecule has 6 nitrogen and oxygen atoms in total. The van der Waals surface area contributed by atoms with Gasteiger partial charge in [0.15, 0.2) is 0 Å². The van der Waals surface area contributed by atoms with Crippen molar-refractivity contribution < 1.29 is 0 Å². The Labute approximate surface area is 221 Å². The van der Waals surface area contributed by atoms with Crippen molar-refractivity contribution in [3.8, 4) is 11.1 Å². The number of hydrogen-bond acceptors (Lipinski definition) is 4. The van der Waals surface area contributed by atoms with Gasteiger partial charge in [0.1, 0.15) is 0 Å². The van der Waals surface area contributed by atoms with Crippen LogP contribution in [0.15, 0.2) is 94.9 Å². The lowest BCUT2D eigenvalue weighted by Gasteiger charge is -2.07. The van der Waals surface area contributed by atoms with Gasteiger partial charge in [-0.15, -0.1) is 0 Å². The minimum absolute atomic E-state index is 0.175. The van der Waals surface area contributed by atoms with Crippen LogP contribution in [0.25, 0.3) is 11.1 Å². The molecule has 0 saturated carbocycles. The van der Waals surface area contributed by atoms with E-state index < -0.39 is 0 Å². The van der Waals surface area contributed by atoms with Gasteiger partial charge in [-0.25, -0.2) is 0 Å². The minimum Gasteiger partial charge on any atom is -0.387 e. The molecule has 6 heteroatoms. The molecule has 2 heterocycles. The smallest absolute Gasteiger partial charge is 0.0950 e. The normalized spacial score (nSPS) is 13.5. The van der Waals surface area contributed by atoms with E-state index in [1.807, 2.05) is 24.3 Å². The Morgan fingerprint density at radius 3 is 1.29 bits per heavy atom. The first-order valence-electron chi connectivity index (χ1n) is 12.7. The summed E-state index contributed by atoms with van der Waals surface area (Å²) in [6.07, 6.45) is 2.52. The van der Waals surface area contributed by atoms with Crippen LogP contribution in [-0.4, -0.2) is 23.1 Å². The number of amidine groups is 2. The Morgan fingerprint density at radius 1 is 0.553 bits per heavy atom. The van der Waals surface area contributed by atoms with Gasteiger partial charge in [-0.1, -0.05) is 72.8 Å². The molecule has 2 aliphatic heterocycles. The molecule has 0 radical (unpaired) electrons. The van der Waals surface area contributed by atoms with Crippen LogP contribution in [0, 0.1) is 10.8 Å². The fourth-order valence-corrected chi connectivity index (χ4v) is 5.21. The molecular weight excluding hydrogens is 468 g/mol. The van der Waals surface area contributed by atoms with Crippen molar-refractivity contribution in [2.75, 3.05) is 0 Å². The summed E-state index contributed by atoms with van der Waals surface area (Å²) in [5, 5.41) is 15.1. The van der Waals surface area contributed by atoms with Crippen molar-refractivity contribution in [3.63, 3.8) is 0 Å². The van der Waals surface area contributed by atoms with E-state index >= 15 is 0 Å². The Kier molecular flexibility index (Phi) is 5.92. The van der Waals surface area contributed by atoms with Crippen molar-refractivity contribution in [2.45, 2.75) is 25.7 Å². The lowest BCUT2D eigenvalue weighted by atomic mass is 9.97. The zero-order chi connectivity index (χ0) is 26.2. The molecule has 0 bridgehead atoms. The fourth-order valence-electron chi connectivity index (χ4n) is 5.21. The van der Waals surface area contributed by atoms with Crippen molar-refractivity contribution >= 4 is 34.5 Å². The van der Waals surface area contributed by atoms with Crippen molar-refractivity contribution in [3.05, 3.63) is 118 Å². The second kappa shape index (κ2) is 9.56. The largest absolute Gasteiger partial charge is 0.387 e. The number of fused-ring (bicyclic) bond motifs is 2. The number of nitrogens with one attached hydrogen (secondary N) is 2. The maximum atomic E-state index is 7.54. The highest BCUT2D eigenvalue weighted by molar-refractivity contribution is 6.07. The number of nitrogens with two attached hydrogens (primary N) is 2. The molecule has 6 rings (SSSR count). The first kappa shape index (κ1) is 23.6. The number of rotatable bonds is 7. The van der Waals surface area contributed by atoms with Gasteiger partial charge in [0, 0.05) is 25.7 Å². The predicted octanol–water partition coefficient (Wildman–Crippen LogP) is 5.66. The van der Waals surface area contributed by atoms with E-state index in [4.69, 9.17) is 32.3 Å². The van der Waals surface area contributed by atoms with Crippen LogP contribution in [0.5, 0.6) is 0 Å². The highest BCUT2D eigenvalue weighted by atomic mass is 14.8. The Bertz CT molecular complexity index is 1520. The summed E-state index contributed by atoms with van der Waals surface area (Å²) in [6.45, 7) is 0. The third kappa shape index (κ3) is 4.76. The van der Waals surface area contributed by atoms with Gasteiger partial charge in [-0.3, -0.25) is 20.8 Å². The zero-order valence-corrected chi connectivity index (χ0v) is 21.0. The number of aliphatic imine (C=N–C) groups is 2. The minimum atomic E-state index is 0.175. The third-order valence-electron chi connectivity index (χ3n) is 7.07. The molecule has 38 heavy (non-hydrogen) atoms. The summed E-state index contributed by atoms with van der Waals surface area (Å²) in [7, 11) is 0. The van der Waals surface area contributed by atoms with E-state index in [1.165, 1.54) is 11.1 Å². The Balaban J connectivity index is 1.14. The molecule has 0 aromatic heterocycles. The van der Waals surface area contributed by atoms with Crippen LogP contribution in [-0.2, 0) is 25.7 Å². The molecule has 0 unspecified atom stereocenters. The first-order valence-corrected chi connectivity index (χ1v) is 12.7. The van der Waals surface area contributed by atoms with Crippen LogP contribution in [0.2, 0.25) is 0 Å². The summed E-state index contributed by atoms with van der Waals surface area (Å²) in [4.78, 5) is 9.68. The van der Waals surface area contributed by atoms with E-state index in [1.54, 1.807) is 0 Å². The van der Waals surface area contributed by atoms with Gasteiger partial charge in [0.2, 0.25) is 0 Å². The standard InChI is InChI=1S/C32H28N6/c33-31(34)15-19-1-11-27-25(13-19)17-29(37-27)23-7-3-21(4-8-23)22-5-9-24(10-6-22)30-18-26-14-20(16-32(35)36)2-12-28(26)38-30/h1-14H,15-18H2,(H3,33,34)(H3,35,36). The maximum absolute atomic E-state index is 7.54. The van der Waals surface area contributed by atoms with Crippen LogP contribution < -0.4 is 11.5 Å². The summed E-state index contributed by atoms with van der Waals surface area (Å²) < 4.78 is 0. The van der Waals surface area contributed by atoms with Gasteiger partial charge in [-0.2, -0.15) is 0 Å². The summed E-state index contributed by atoms with van der Waals surface area (Å²) in [6, 6.07) is 29.4. The molecule has 0 spiro atoms. The van der Waals surface area contributed by atoms with E-state index in [2.05, 4.69) is 60.7 Å². The van der Waals surface area contributed by atoms with Gasteiger partial charge >= 0.3 is 0 Å². The third-order valence-corrected chi connectivity index (χ3v) is 7.07. The van der Waals surface area contributed by atoms with Crippen LogP contribution in [0.3, 0.4) is 0 Å². The molecule has 186 valence electrons. The predicted molar refractivity (Wildman–Crippen MR) is 156 cm³/mol. The molecule has 4 aromatic carbocycles. The maximum Gasteiger partial charge on any atom is 0.0950 e. The van der Waals surface area contributed by atoms with Crippen LogP contribution in [0.1, 0.15) is 33.4 Å². The second-order valence-electron chi connectivity index (χ2n) is 9.96. The van der Waals surface area contributed by atoms with Crippen LogP contribution in [0.4, 0.5) is 11.4 Å². The lowest BCUT2D eigenvalue weighted by Crippen LogP contribution is -2.12. The SMILES string of the molecule is N=C(N)Cc1ccc2c(c1)CC(c1ccc(-c3ccc(C4=Nc5ccc(CC(=N)N)cc5C4)cc3)cc1)=N2. The summed E-state index contributed by atoms with van der Waals surface area (Å²) in [5.41, 5.74) is 24.3. The van der Waals surface area contributed by atoms with E-state index in [9.17, 15) is 0 Å². The number of hydrogen-bond donors (Lipinski definition) is 4. The topological polar surface area (TPSA) is 124 Å². The van der Waals surface area contributed by atoms with Crippen molar-refractivity contribution in [1.82, 2.24) is 0 Å². The highest BCUT2D eigenvalue weighted by Gasteiger charge is 2.18. The quantitative estimate of drug-likeness (QED) is 0.195. The van der Waals surface area contributed by atoms with Crippen LogP contribution >= 0.6 is 0 Å². The molecule has 4 aromatic rings. The molecule has 6 N–H and O–H groups in total. The molecule has 2 aliphatic rings. The van der Waals surface area contributed by atoms with Gasteiger partial charge in [0.25, 0.3) is 0 Å². The molecule has 0 fully saturated rings.